The fourth-order valence-corrected chi connectivity index (χ4v) is 2.64. The first-order valence-electron chi connectivity index (χ1n) is 7.29. The number of nitrogens with two attached hydrogens (primary N) is 1. The lowest BCUT2D eigenvalue weighted by Crippen LogP contribution is -2.34. The summed E-state index contributed by atoms with van der Waals surface area (Å²) in [5.74, 6) is 0.994. The molecule has 0 spiro atoms. The number of hydrogen-bond donors (Lipinski definition) is 2. The summed E-state index contributed by atoms with van der Waals surface area (Å²) in [6.45, 7) is 4.40. The van der Waals surface area contributed by atoms with Crippen LogP contribution in [0.25, 0.3) is 0 Å². The summed E-state index contributed by atoms with van der Waals surface area (Å²) in [6.07, 6.45) is 12.4. The summed E-state index contributed by atoms with van der Waals surface area (Å²) < 4.78 is 0. The first kappa shape index (κ1) is 14.0. The molecule has 1 fully saturated rings. The van der Waals surface area contributed by atoms with Crippen LogP contribution in [-0.4, -0.2) is 19.1 Å². The molecule has 0 bridgehead atoms. The molecule has 0 aliphatic heterocycles. The van der Waals surface area contributed by atoms with Crippen LogP contribution in [0, 0.1) is 5.92 Å². The minimum atomic E-state index is 0.367. The molecule has 0 radical (unpaired) electrons. The third-order valence-corrected chi connectivity index (χ3v) is 3.79. The highest BCUT2D eigenvalue weighted by atomic mass is 14.9. The predicted octanol–water partition coefficient (Wildman–Crippen LogP) is 3.06. The molecule has 2 nitrogen and oxygen atoms in total. The predicted molar refractivity (Wildman–Crippen MR) is 71.6 cm³/mol. The molecule has 1 aliphatic carbocycles. The average Bonchev–Trinajstić information content (AvgIpc) is 2.33. The Balaban J connectivity index is 1.90. The summed E-state index contributed by atoms with van der Waals surface area (Å²) in [5, 5.41) is 3.52. The highest BCUT2D eigenvalue weighted by Crippen LogP contribution is 2.25. The summed E-state index contributed by atoms with van der Waals surface area (Å²) in [6, 6.07) is 0.367. The smallest absolute Gasteiger partial charge is 0.0165 e. The van der Waals surface area contributed by atoms with E-state index in [2.05, 4.69) is 12.2 Å². The third kappa shape index (κ3) is 6.49. The van der Waals surface area contributed by atoms with Crippen molar-refractivity contribution in [2.75, 3.05) is 13.1 Å². The van der Waals surface area contributed by atoms with Crippen LogP contribution in [0.4, 0.5) is 0 Å². The van der Waals surface area contributed by atoms with Crippen LogP contribution in [0.5, 0.6) is 0 Å². The Hall–Kier alpha value is -0.0800. The normalized spacial score (nSPS) is 19.9. The minimum Gasteiger partial charge on any atom is -0.327 e. The van der Waals surface area contributed by atoms with Gasteiger partial charge in [-0.1, -0.05) is 51.9 Å². The van der Waals surface area contributed by atoms with E-state index in [1.807, 2.05) is 0 Å². The molecule has 1 unspecified atom stereocenters. The molecule has 0 heterocycles. The van der Waals surface area contributed by atoms with Crippen molar-refractivity contribution >= 4 is 0 Å². The SMILES string of the molecule is CCCCC(N)CNCCC1CCCCC1. The van der Waals surface area contributed by atoms with Gasteiger partial charge in [-0.25, -0.2) is 0 Å². The van der Waals surface area contributed by atoms with E-state index in [0.29, 0.717) is 6.04 Å². The lowest BCUT2D eigenvalue weighted by Gasteiger charge is -2.22. The average molecular weight is 226 g/mol. The lowest BCUT2D eigenvalue weighted by molar-refractivity contribution is 0.332. The zero-order chi connectivity index (χ0) is 11.6. The topological polar surface area (TPSA) is 38.0 Å². The number of nitrogens with one attached hydrogen (secondary N) is 1. The molecule has 96 valence electrons. The molecule has 3 N–H and O–H groups in total. The van der Waals surface area contributed by atoms with Gasteiger partial charge in [-0.3, -0.25) is 0 Å². The third-order valence-electron chi connectivity index (χ3n) is 3.79. The highest BCUT2D eigenvalue weighted by Gasteiger charge is 2.12. The molecule has 2 heteroatoms. The molecule has 0 amide bonds. The van der Waals surface area contributed by atoms with E-state index in [1.54, 1.807) is 0 Å². The number of rotatable bonds is 8. The van der Waals surface area contributed by atoms with Gasteiger partial charge in [0.25, 0.3) is 0 Å². The van der Waals surface area contributed by atoms with Crippen LogP contribution >= 0.6 is 0 Å². The highest BCUT2D eigenvalue weighted by molar-refractivity contribution is 4.69. The van der Waals surface area contributed by atoms with Gasteiger partial charge in [-0.05, 0) is 25.3 Å². The van der Waals surface area contributed by atoms with E-state index < -0.39 is 0 Å². The van der Waals surface area contributed by atoms with Gasteiger partial charge in [0.2, 0.25) is 0 Å². The van der Waals surface area contributed by atoms with Gasteiger partial charge in [-0.15, -0.1) is 0 Å². The Bertz CT molecular complexity index is 153. The molecular formula is C14H30N2. The first-order valence-corrected chi connectivity index (χ1v) is 7.29. The van der Waals surface area contributed by atoms with E-state index in [1.165, 1.54) is 64.3 Å². The molecule has 1 saturated carbocycles. The molecule has 0 aromatic rings. The van der Waals surface area contributed by atoms with Crippen molar-refractivity contribution < 1.29 is 0 Å². The van der Waals surface area contributed by atoms with Crippen LogP contribution in [0.1, 0.15) is 64.7 Å². The zero-order valence-corrected chi connectivity index (χ0v) is 11.0. The molecule has 0 aromatic heterocycles. The standard InChI is InChI=1S/C14H30N2/c1-2-3-9-14(15)12-16-11-10-13-7-5-4-6-8-13/h13-14,16H,2-12,15H2,1H3. The Kier molecular flexibility index (Phi) is 7.87. The van der Waals surface area contributed by atoms with Crippen molar-refractivity contribution in [3.05, 3.63) is 0 Å². The maximum Gasteiger partial charge on any atom is 0.0165 e. The molecule has 0 aromatic carbocycles. The van der Waals surface area contributed by atoms with E-state index in [-0.39, 0.29) is 0 Å². The Morgan fingerprint density at radius 2 is 2.00 bits per heavy atom. The molecule has 0 saturated heterocycles. The van der Waals surface area contributed by atoms with Crippen LogP contribution in [0.3, 0.4) is 0 Å². The maximum atomic E-state index is 6.02. The van der Waals surface area contributed by atoms with Crippen LogP contribution in [0.2, 0.25) is 0 Å². The Morgan fingerprint density at radius 1 is 1.25 bits per heavy atom. The summed E-state index contributed by atoms with van der Waals surface area (Å²) in [4.78, 5) is 0. The lowest BCUT2D eigenvalue weighted by atomic mass is 9.87. The molecular weight excluding hydrogens is 196 g/mol. The molecule has 1 rings (SSSR count). The second kappa shape index (κ2) is 9.00. The largest absolute Gasteiger partial charge is 0.327 e. The molecule has 1 atom stereocenters. The Labute approximate surface area is 101 Å². The van der Waals surface area contributed by atoms with E-state index in [4.69, 9.17) is 5.73 Å². The van der Waals surface area contributed by atoms with E-state index in [0.717, 1.165) is 12.5 Å². The van der Waals surface area contributed by atoms with Crippen molar-refractivity contribution in [3.8, 4) is 0 Å². The van der Waals surface area contributed by atoms with Gasteiger partial charge in [-0.2, -0.15) is 0 Å². The maximum absolute atomic E-state index is 6.02. The number of unbranched alkanes of at least 4 members (excludes halogenated alkanes) is 1. The number of hydrogen-bond acceptors (Lipinski definition) is 2. The van der Waals surface area contributed by atoms with Gasteiger partial charge in [0.05, 0.1) is 0 Å². The fraction of sp³-hybridized carbons (Fsp3) is 1.00. The fourth-order valence-electron chi connectivity index (χ4n) is 2.64. The van der Waals surface area contributed by atoms with Crippen molar-refractivity contribution in [3.63, 3.8) is 0 Å². The van der Waals surface area contributed by atoms with E-state index >= 15 is 0 Å². The Morgan fingerprint density at radius 3 is 2.69 bits per heavy atom. The summed E-state index contributed by atoms with van der Waals surface area (Å²) >= 11 is 0. The second-order valence-electron chi connectivity index (χ2n) is 5.40. The van der Waals surface area contributed by atoms with Gasteiger partial charge in [0.15, 0.2) is 0 Å². The van der Waals surface area contributed by atoms with Crippen molar-refractivity contribution in [1.82, 2.24) is 5.32 Å². The van der Waals surface area contributed by atoms with Crippen LogP contribution < -0.4 is 11.1 Å². The van der Waals surface area contributed by atoms with Gasteiger partial charge >= 0.3 is 0 Å². The second-order valence-corrected chi connectivity index (χ2v) is 5.40. The van der Waals surface area contributed by atoms with E-state index in [9.17, 15) is 0 Å². The van der Waals surface area contributed by atoms with Crippen LogP contribution in [0.15, 0.2) is 0 Å². The minimum absolute atomic E-state index is 0.367. The zero-order valence-electron chi connectivity index (χ0n) is 11.0. The first-order chi connectivity index (χ1) is 7.83. The van der Waals surface area contributed by atoms with Crippen molar-refractivity contribution in [2.45, 2.75) is 70.8 Å². The monoisotopic (exact) mass is 226 g/mol. The van der Waals surface area contributed by atoms with Crippen molar-refractivity contribution in [1.29, 1.82) is 0 Å². The van der Waals surface area contributed by atoms with Crippen molar-refractivity contribution in [2.24, 2.45) is 11.7 Å². The quantitative estimate of drug-likeness (QED) is 0.624. The van der Waals surface area contributed by atoms with Crippen LogP contribution in [-0.2, 0) is 0 Å². The summed E-state index contributed by atoms with van der Waals surface area (Å²) in [7, 11) is 0. The van der Waals surface area contributed by atoms with Gasteiger partial charge in [0.1, 0.15) is 0 Å². The van der Waals surface area contributed by atoms with Gasteiger partial charge < -0.3 is 11.1 Å². The summed E-state index contributed by atoms with van der Waals surface area (Å²) in [5.41, 5.74) is 6.02. The molecule has 1 aliphatic rings. The van der Waals surface area contributed by atoms with Gasteiger partial charge in [0, 0.05) is 12.6 Å². The molecule has 16 heavy (non-hydrogen) atoms.